The highest BCUT2D eigenvalue weighted by Gasteiger charge is 2.08. The minimum atomic E-state index is -0.425. The predicted octanol–water partition coefficient (Wildman–Crippen LogP) is 2.42. The summed E-state index contributed by atoms with van der Waals surface area (Å²) < 4.78 is 18.6. The Morgan fingerprint density at radius 3 is 2.75 bits per heavy atom. The van der Waals surface area contributed by atoms with Crippen molar-refractivity contribution in [3.8, 4) is 5.75 Å². The van der Waals surface area contributed by atoms with Gasteiger partial charge >= 0.3 is 0 Å². The van der Waals surface area contributed by atoms with Crippen LogP contribution in [0.2, 0.25) is 0 Å². The number of benzene rings is 2. The van der Waals surface area contributed by atoms with E-state index in [0.29, 0.717) is 22.6 Å². The number of carbonyl (C=O) groups is 1. The molecule has 0 unspecified atom stereocenters. The van der Waals surface area contributed by atoms with Crippen molar-refractivity contribution in [3.05, 3.63) is 59.4 Å². The number of anilines is 1. The van der Waals surface area contributed by atoms with Gasteiger partial charge in [-0.25, -0.2) is 4.39 Å². The van der Waals surface area contributed by atoms with Crippen LogP contribution < -0.4 is 15.8 Å². The zero-order valence-electron chi connectivity index (χ0n) is 13.4. The van der Waals surface area contributed by atoms with Crippen LogP contribution in [0.15, 0.2) is 47.6 Å². The molecule has 0 radical (unpaired) electrons. The maximum atomic E-state index is 13.5. The number of halogens is 1. The van der Waals surface area contributed by atoms with Crippen LogP contribution in [0.1, 0.15) is 11.1 Å². The van der Waals surface area contributed by atoms with Gasteiger partial charge in [-0.3, -0.25) is 4.79 Å². The molecule has 0 aliphatic rings. The molecule has 0 aliphatic carbocycles. The van der Waals surface area contributed by atoms with Gasteiger partial charge in [0.1, 0.15) is 11.6 Å². The number of hydrogen-bond acceptors (Lipinski definition) is 4. The fourth-order valence-electron chi connectivity index (χ4n) is 1.90. The van der Waals surface area contributed by atoms with E-state index in [9.17, 15) is 9.18 Å². The Morgan fingerprint density at radius 2 is 2.04 bits per heavy atom. The number of ether oxygens (including phenoxy) is 1. The summed E-state index contributed by atoms with van der Waals surface area (Å²) in [5, 5.41) is 6.26. The third-order valence-corrected chi connectivity index (χ3v) is 3.21. The molecular weight excluding hydrogens is 313 g/mol. The van der Waals surface area contributed by atoms with E-state index in [2.05, 4.69) is 10.5 Å². The molecule has 0 aliphatic heterocycles. The van der Waals surface area contributed by atoms with Gasteiger partial charge in [-0.15, -0.1) is 0 Å². The van der Waals surface area contributed by atoms with Crippen LogP contribution in [-0.4, -0.2) is 25.5 Å². The van der Waals surface area contributed by atoms with Gasteiger partial charge in [-0.1, -0.05) is 29.4 Å². The summed E-state index contributed by atoms with van der Waals surface area (Å²) in [5.41, 5.74) is 7.11. The molecule has 0 saturated carbocycles. The van der Waals surface area contributed by atoms with Crippen LogP contribution >= 0.6 is 0 Å². The first-order valence-corrected chi connectivity index (χ1v) is 7.16. The van der Waals surface area contributed by atoms with E-state index in [4.69, 9.17) is 15.3 Å². The van der Waals surface area contributed by atoms with Crippen LogP contribution in [-0.2, 0) is 9.63 Å². The maximum Gasteiger partial charge on any atom is 0.265 e. The van der Waals surface area contributed by atoms with Gasteiger partial charge in [0.15, 0.2) is 12.4 Å². The molecule has 2 rings (SSSR count). The minimum absolute atomic E-state index is 0.0148. The lowest BCUT2D eigenvalue weighted by atomic mass is 10.1. The number of carbonyl (C=O) groups excluding carboxylic acids is 1. The Morgan fingerprint density at radius 1 is 1.29 bits per heavy atom. The molecule has 0 atom stereocenters. The summed E-state index contributed by atoms with van der Waals surface area (Å²) in [5.74, 6) is -0.298. The zero-order valence-corrected chi connectivity index (χ0v) is 13.4. The number of rotatable bonds is 6. The Balaban J connectivity index is 1.92. The normalized spacial score (nSPS) is 11.0. The number of amides is 1. The molecule has 3 N–H and O–H groups in total. The lowest BCUT2D eigenvalue weighted by molar-refractivity contribution is -0.120. The van der Waals surface area contributed by atoms with Gasteiger partial charge in [-0.05, 0) is 30.7 Å². The molecule has 0 bridgehead atoms. The average molecular weight is 331 g/mol. The number of methoxy groups -OCH3 is 1. The van der Waals surface area contributed by atoms with E-state index >= 15 is 0 Å². The molecule has 0 aromatic heterocycles. The first-order valence-electron chi connectivity index (χ1n) is 7.16. The van der Waals surface area contributed by atoms with E-state index in [-0.39, 0.29) is 18.3 Å². The zero-order chi connectivity index (χ0) is 17.5. The summed E-state index contributed by atoms with van der Waals surface area (Å²) in [6, 6.07) is 11.4. The lowest BCUT2D eigenvalue weighted by Gasteiger charge is -2.09. The lowest BCUT2D eigenvalue weighted by Crippen LogP contribution is -2.19. The van der Waals surface area contributed by atoms with E-state index in [1.54, 1.807) is 43.3 Å². The second-order valence-corrected chi connectivity index (χ2v) is 4.96. The number of hydrogen-bond donors (Lipinski definition) is 2. The monoisotopic (exact) mass is 331 g/mol. The van der Waals surface area contributed by atoms with Crippen molar-refractivity contribution in [2.75, 3.05) is 19.0 Å². The molecule has 1 amide bonds. The number of nitrogens with one attached hydrogen (secondary N) is 1. The second-order valence-electron chi connectivity index (χ2n) is 4.96. The molecule has 0 heterocycles. The van der Waals surface area contributed by atoms with E-state index in [1.807, 2.05) is 0 Å². The first kappa shape index (κ1) is 17.3. The quantitative estimate of drug-likeness (QED) is 0.483. The number of aryl methyl sites for hydroxylation is 1. The fraction of sp³-hybridized carbons (Fsp3) is 0.176. The highest BCUT2D eigenvalue weighted by molar-refractivity contribution is 5.97. The number of amidine groups is 1. The highest BCUT2D eigenvalue weighted by atomic mass is 19.1. The molecule has 2 aromatic rings. The smallest absolute Gasteiger partial charge is 0.265 e. The molecule has 24 heavy (non-hydrogen) atoms. The van der Waals surface area contributed by atoms with E-state index < -0.39 is 5.91 Å². The van der Waals surface area contributed by atoms with Crippen molar-refractivity contribution in [1.82, 2.24) is 0 Å². The number of nitrogens with two attached hydrogens (primary N) is 1. The minimum Gasteiger partial charge on any atom is -0.495 e. The standard InChI is InChI=1S/C17H18FN3O3/c1-11-7-8-12(9-13(11)18)17(19)21-24-10-16(22)20-14-5-3-4-6-15(14)23-2/h3-9H,10H2,1-2H3,(H2,19,21)(H,20,22). The van der Waals surface area contributed by atoms with Crippen LogP contribution in [0, 0.1) is 12.7 Å². The predicted molar refractivity (Wildman–Crippen MR) is 89.4 cm³/mol. The van der Waals surface area contributed by atoms with Gasteiger partial charge in [0.05, 0.1) is 12.8 Å². The van der Waals surface area contributed by atoms with Gasteiger partial charge in [0, 0.05) is 5.56 Å². The molecule has 0 saturated heterocycles. The summed E-state index contributed by atoms with van der Waals surface area (Å²) in [6.07, 6.45) is 0. The van der Waals surface area contributed by atoms with Crippen molar-refractivity contribution >= 4 is 17.4 Å². The second kappa shape index (κ2) is 7.96. The first-order chi connectivity index (χ1) is 11.5. The number of oxime groups is 1. The van der Waals surface area contributed by atoms with Crippen molar-refractivity contribution in [1.29, 1.82) is 0 Å². The maximum absolute atomic E-state index is 13.5. The molecule has 6 nitrogen and oxygen atoms in total. The third kappa shape index (κ3) is 4.45. The van der Waals surface area contributed by atoms with Crippen LogP contribution in [0.4, 0.5) is 10.1 Å². The van der Waals surface area contributed by atoms with Gasteiger partial charge in [0.2, 0.25) is 0 Å². The Bertz CT molecular complexity index is 762. The Labute approximate surface area is 139 Å². The molecule has 0 fully saturated rings. The Hall–Kier alpha value is -3.09. The van der Waals surface area contributed by atoms with Gasteiger partial charge < -0.3 is 20.6 Å². The van der Waals surface area contributed by atoms with Crippen molar-refractivity contribution in [2.45, 2.75) is 6.92 Å². The SMILES string of the molecule is COc1ccccc1NC(=O)CO/N=C(/N)c1ccc(C)c(F)c1. The number of para-hydroxylation sites is 2. The van der Waals surface area contributed by atoms with Gasteiger partial charge in [-0.2, -0.15) is 0 Å². The molecule has 0 spiro atoms. The van der Waals surface area contributed by atoms with Crippen LogP contribution in [0.3, 0.4) is 0 Å². The number of nitrogens with zero attached hydrogens (tertiary/aromatic N) is 1. The summed E-state index contributed by atoms with van der Waals surface area (Å²) >= 11 is 0. The summed E-state index contributed by atoms with van der Waals surface area (Å²) in [7, 11) is 1.51. The van der Waals surface area contributed by atoms with Crippen molar-refractivity contribution < 1.29 is 18.8 Å². The molecular formula is C17H18FN3O3. The molecule has 2 aromatic carbocycles. The molecule has 7 heteroatoms. The highest BCUT2D eigenvalue weighted by Crippen LogP contribution is 2.22. The van der Waals surface area contributed by atoms with E-state index in [0.717, 1.165) is 0 Å². The third-order valence-electron chi connectivity index (χ3n) is 3.21. The fourth-order valence-corrected chi connectivity index (χ4v) is 1.90. The summed E-state index contributed by atoms with van der Waals surface area (Å²) in [4.78, 5) is 16.8. The van der Waals surface area contributed by atoms with Crippen LogP contribution in [0.5, 0.6) is 5.75 Å². The topological polar surface area (TPSA) is 85.9 Å². The van der Waals surface area contributed by atoms with Crippen LogP contribution in [0.25, 0.3) is 0 Å². The molecule has 126 valence electrons. The van der Waals surface area contributed by atoms with Crippen molar-refractivity contribution in [3.63, 3.8) is 0 Å². The van der Waals surface area contributed by atoms with Gasteiger partial charge in [0.25, 0.3) is 5.91 Å². The largest absolute Gasteiger partial charge is 0.495 e. The Kier molecular flexibility index (Phi) is 5.73. The van der Waals surface area contributed by atoms with Crippen molar-refractivity contribution in [2.24, 2.45) is 10.9 Å². The average Bonchev–Trinajstić information content (AvgIpc) is 2.57. The van der Waals surface area contributed by atoms with E-state index in [1.165, 1.54) is 13.2 Å². The summed E-state index contributed by atoms with van der Waals surface area (Å²) in [6.45, 7) is 1.30.